The number of alkyl halides is 3. The molecule has 1 unspecified atom stereocenters. The quantitative estimate of drug-likeness (QED) is 0.575. The molecule has 0 spiro atoms. The van der Waals surface area contributed by atoms with Crippen LogP contribution in [-0.4, -0.2) is 29.3 Å². The SMILES string of the molecule is CCC(c1ccccc1)n1c(C)nc2ccc(N(C)CCC(F)(F)F)cc2c1=O. The molecule has 1 atom stereocenters. The number of anilines is 1. The van der Waals surface area contributed by atoms with Crippen LogP contribution < -0.4 is 10.5 Å². The van der Waals surface area contributed by atoms with Gasteiger partial charge in [0.1, 0.15) is 5.82 Å². The van der Waals surface area contributed by atoms with E-state index in [0.717, 1.165) is 5.56 Å². The number of hydrogen-bond donors (Lipinski definition) is 0. The van der Waals surface area contributed by atoms with Crippen molar-refractivity contribution in [1.29, 1.82) is 0 Å². The molecule has 0 saturated heterocycles. The topological polar surface area (TPSA) is 38.1 Å². The predicted molar refractivity (Wildman–Crippen MR) is 110 cm³/mol. The molecule has 0 aliphatic heterocycles. The molecular weight excluding hydrogens is 379 g/mol. The average Bonchev–Trinajstić information content (AvgIpc) is 2.69. The third-order valence-corrected chi connectivity index (χ3v) is 5.11. The van der Waals surface area contributed by atoms with Crippen LogP contribution in [0.4, 0.5) is 18.9 Å². The van der Waals surface area contributed by atoms with Gasteiger partial charge in [-0.2, -0.15) is 13.2 Å². The van der Waals surface area contributed by atoms with Crippen LogP contribution >= 0.6 is 0 Å². The van der Waals surface area contributed by atoms with Gasteiger partial charge in [-0.05, 0) is 37.1 Å². The van der Waals surface area contributed by atoms with Crippen molar-refractivity contribution in [3.63, 3.8) is 0 Å². The van der Waals surface area contributed by atoms with Gasteiger partial charge in [-0.3, -0.25) is 9.36 Å². The van der Waals surface area contributed by atoms with Gasteiger partial charge in [-0.25, -0.2) is 4.98 Å². The number of halogens is 3. The summed E-state index contributed by atoms with van der Waals surface area (Å²) >= 11 is 0. The number of nitrogens with zero attached hydrogens (tertiary/aromatic N) is 3. The first kappa shape index (κ1) is 20.9. The van der Waals surface area contributed by atoms with Crippen molar-refractivity contribution in [3.05, 3.63) is 70.3 Å². The van der Waals surface area contributed by atoms with Crippen LogP contribution in [0.5, 0.6) is 0 Å². The van der Waals surface area contributed by atoms with E-state index in [1.54, 1.807) is 36.7 Å². The minimum atomic E-state index is -4.22. The fourth-order valence-corrected chi connectivity index (χ4v) is 3.57. The van der Waals surface area contributed by atoms with Gasteiger partial charge in [0.2, 0.25) is 0 Å². The summed E-state index contributed by atoms with van der Waals surface area (Å²) in [5, 5.41) is 0.404. The van der Waals surface area contributed by atoms with Gasteiger partial charge >= 0.3 is 6.18 Å². The molecule has 0 radical (unpaired) electrons. The van der Waals surface area contributed by atoms with E-state index in [4.69, 9.17) is 0 Å². The van der Waals surface area contributed by atoms with Crippen LogP contribution in [0.1, 0.15) is 37.2 Å². The minimum Gasteiger partial charge on any atom is -0.374 e. The highest BCUT2D eigenvalue weighted by Crippen LogP contribution is 2.25. The van der Waals surface area contributed by atoms with Crippen LogP contribution in [0.3, 0.4) is 0 Å². The Kier molecular flexibility index (Phi) is 5.96. The Labute approximate surface area is 167 Å². The molecule has 7 heteroatoms. The zero-order valence-corrected chi connectivity index (χ0v) is 16.7. The van der Waals surface area contributed by atoms with Crippen LogP contribution in [0.25, 0.3) is 10.9 Å². The standard InChI is InChI=1S/C22H24F3N3O/c1-4-20(16-8-6-5-7-9-16)28-15(2)26-19-11-10-17(14-18(19)21(28)29)27(3)13-12-22(23,24)25/h5-11,14,20H,4,12-13H2,1-3H3. The second-order valence-electron chi connectivity index (χ2n) is 7.16. The van der Waals surface area contributed by atoms with Crippen molar-refractivity contribution in [1.82, 2.24) is 9.55 Å². The van der Waals surface area contributed by atoms with Gasteiger partial charge < -0.3 is 4.90 Å². The summed E-state index contributed by atoms with van der Waals surface area (Å²) in [5.41, 5.74) is 1.93. The van der Waals surface area contributed by atoms with Gasteiger partial charge in [0, 0.05) is 19.3 Å². The Hall–Kier alpha value is -2.83. The Morgan fingerprint density at radius 3 is 2.45 bits per heavy atom. The number of aromatic nitrogens is 2. The molecule has 0 bridgehead atoms. The van der Waals surface area contributed by atoms with Gasteiger partial charge in [0.15, 0.2) is 0 Å². The lowest BCUT2D eigenvalue weighted by Gasteiger charge is -2.23. The number of aryl methyl sites for hydroxylation is 1. The van der Waals surface area contributed by atoms with Crippen molar-refractivity contribution < 1.29 is 13.2 Å². The van der Waals surface area contributed by atoms with Crippen molar-refractivity contribution >= 4 is 16.6 Å². The zero-order valence-electron chi connectivity index (χ0n) is 16.7. The third-order valence-electron chi connectivity index (χ3n) is 5.11. The van der Waals surface area contributed by atoms with E-state index in [1.807, 2.05) is 37.3 Å². The monoisotopic (exact) mass is 403 g/mol. The molecular formula is C22H24F3N3O. The van der Waals surface area contributed by atoms with E-state index in [1.165, 1.54) is 4.90 Å². The summed E-state index contributed by atoms with van der Waals surface area (Å²) in [6, 6.07) is 14.6. The molecule has 0 saturated carbocycles. The molecule has 0 N–H and O–H groups in total. The molecule has 0 fully saturated rings. The van der Waals surface area contributed by atoms with E-state index < -0.39 is 12.6 Å². The Morgan fingerprint density at radius 1 is 1.14 bits per heavy atom. The van der Waals surface area contributed by atoms with Crippen molar-refractivity contribution in [2.75, 3.05) is 18.5 Å². The molecule has 3 aromatic rings. The van der Waals surface area contributed by atoms with E-state index in [-0.39, 0.29) is 18.1 Å². The molecule has 29 heavy (non-hydrogen) atoms. The van der Waals surface area contributed by atoms with Crippen LogP contribution in [0, 0.1) is 6.92 Å². The largest absolute Gasteiger partial charge is 0.390 e. The normalized spacial score (nSPS) is 12.9. The van der Waals surface area contributed by atoms with E-state index >= 15 is 0 Å². The fourth-order valence-electron chi connectivity index (χ4n) is 3.57. The molecule has 0 aliphatic rings. The second kappa shape index (κ2) is 8.27. The first-order valence-corrected chi connectivity index (χ1v) is 9.57. The maximum absolute atomic E-state index is 13.3. The lowest BCUT2D eigenvalue weighted by molar-refractivity contribution is -0.132. The smallest absolute Gasteiger partial charge is 0.374 e. The fraction of sp³-hybridized carbons (Fsp3) is 0.364. The predicted octanol–water partition coefficient (Wildman–Crippen LogP) is 5.09. The van der Waals surface area contributed by atoms with Crippen molar-refractivity contribution in [2.24, 2.45) is 0 Å². The summed E-state index contributed by atoms with van der Waals surface area (Å²) in [5.74, 6) is 0.608. The van der Waals surface area contributed by atoms with Crippen molar-refractivity contribution in [2.45, 2.75) is 38.9 Å². The zero-order chi connectivity index (χ0) is 21.2. The summed E-state index contributed by atoms with van der Waals surface area (Å²) < 4.78 is 39.3. The summed E-state index contributed by atoms with van der Waals surface area (Å²) in [6.45, 7) is 3.63. The van der Waals surface area contributed by atoms with Gasteiger partial charge in [-0.15, -0.1) is 0 Å². The molecule has 0 aliphatic carbocycles. The van der Waals surface area contributed by atoms with Crippen LogP contribution in [0.2, 0.25) is 0 Å². The highest BCUT2D eigenvalue weighted by Gasteiger charge is 2.27. The van der Waals surface area contributed by atoms with Crippen LogP contribution in [-0.2, 0) is 0 Å². The molecule has 1 heterocycles. The highest BCUT2D eigenvalue weighted by molar-refractivity contribution is 5.82. The Balaban J connectivity index is 2.06. The molecule has 3 rings (SSSR count). The Bertz CT molecular complexity index is 1040. The molecule has 4 nitrogen and oxygen atoms in total. The molecule has 1 aromatic heterocycles. The summed E-state index contributed by atoms with van der Waals surface area (Å²) in [6.07, 6.45) is -4.42. The number of rotatable bonds is 6. The average molecular weight is 403 g/mol. The number of fused-ring (bicyclic) bond motifs is 1. The summed E-state index contributed by atoms with van der Waals surface area (Å²) in [7, 11) is 1.59. The first-order valence-electron chi connectivity index (χ1n) is 9.57. The van der Waals surface area contributed by atoms with Gasteiger partial charge in [0.05, 0.1) is 23.4 Å². The van der Waals surface area contributed by atoms with Crippen molar-refractivity contribution in [3.8, 4) is 0 Å². The number of benzene rings is 2. The second-order valence-corrected chi connectivity index (χ2v) is 7.16. The number of hydrogen-bond acceptors (Lipinski definition) is 3. The first-order chi connectivity index (χ1) is 13.7. The molecule has 0 amide bonds. The lowest BCUT2D eigenvalue weighted by Crippen LogP contribution is -2.29. The highest BCUT2D eigenvalue weighted by atomic mass is 19.4. The summed E-state index contributed by atoms with van der Waals surface area (Å²) in [4.78, 5) is 19.4. The van der Waals surface area contributed by atoms with E-state index in [2.05, 4.69) is 4.98 Å². The maximum Gasteiger partial charge on any atom is 0.390 e. The van der Waals surface area contributed by atoms with E-state index in [0.29, 0.717) is 28.8 Å². The minimum absolute atomic E-state index is 0.160. The van der Waals surface area contributed by atoms with Gasteiger partial charge in [-0.1, -0.05) is 37.3 Å². The van der Waals surface area contributed by atoms with Crippen LogP contribution in [0.15, 0.2) is 53.3 Å². The lowest BCUT2D eigenvalue weighted by atomic mass is 10.0. The Morgan fingerprint density at radius 2 is 1.83 bits per heavy atom. The van der Waals surface area contributed by atoms with Gasteiger partial charge in [0.25, 0.3) is 5.56 Å². The van der Waals surface area contributed by atoms with E-state index in [9.17, 15) is 18.0 Å². The third kappa shape index (κ3) is 4.60. The molecule has 154 valence electrons. The molecule has 2 aromatic carbocycles. The maximum atomic E-state index is 13.3.